The Kier molecular flexibility index (Phi) is 12.0. The molecule has 0 aliphatic rings. The Labute approximate surface area is 291 Å². The standard InChI is InChI=1S/C44H60NP2/c1-41(2,3)29-33-13-21-37(22-14-33)46(38-23-15-34(16-24-38)30-42(4,5)6)45-47(39-25-17-35(18-26-39)31-43(7,8)9)40-27-19-36(20-28-40)32-44(10,11)12/h13-28H,29-32H2,1-12H3. The first-order valence-corrected chi connectivity index (χ1v) is 20.0. The van der Waals surface area contributed by atoms with Crippen molar-refractivity contribution >= 4 is 37.4 Å². The molecule has 0 N–H and O–H groups in total. The van der Waals surface area contributed by atoms with E-state index in [1.54, 1.807) is 0 Å². The second kappa shape index (κ2) is 15.1. The van der Waals surface area contributed by atoms with Crippen LogP contribution in [0.1, 0.15) is 105 Å². The van der Waals surface area contributed by atoms with Gasteiger partial charge in [0, 0.05) is 16.1 Å². The SMILES string of the molecule is CC(C)(C)Cc1ccc(P([N]P(c2ccc(CC(C)(C)C)cc2)c2ccc(CC(C)(C)C)cc2)c2ccc(CC(C)(C)C)cc2)cc1. The zero-order chi connectivity index (χ0) is 34.6. The number of hydrogen-bond donors (Lipinski definition) is 0. The molecule has 0 aliphatic heterocycles. The first kappa shape index (κ1) is 37.5. The molecule has 0 aliphatic carbocycles. The van der Waals surface area contributed by atoms with E-state index >= 15 is 0 Å². The van der Waals surface area contributed by atoms with Crippen LogP contribution in [0.3, 0.4) is 0 Å². The van der Waals surface area contributed by atoms with E-state index in [2.05, 4.69) is 180 Å². The van der Waals surface area contributed by atoms with Gasteiger partial charge in [0.2, 0.25) is 0 Å². The molecule has 0 amide bonds. The van der Waals surface area contributed by atoms with Crippen LogP contribution >= 0.6 is 16.1 Å². The third-order valence-electron chi connectivity index (χ3n) is 7.84. The third-order valence-corrected chi connectivity index (χ3v) is 12.4. The number of hydrogen-bond acceptors (Lipinski definition) is 0. The van der Waals surface area contributed by atoms with Crippen LogP contribution in [0.2, 0.25) is 0 Å². The van der Waals surface area contributed by atoms with Crippen molar-refractivity contribution in [2.45, 2.75) is 109 Å². The lowest BCUT2D eigenvalue weighted by molar-refractivity contribution is 0.411. The zero-order valence-corrected chi connectivity index (χ0v) is 33.2. The van der Waals surface area contributed by atoms with Crippen molar-refractivity contribution in [1.82, 2.24) is 4.86 Å². The quantitative estimate of drug-likeness (QED) is 0.150. The molecule has 251 valence electrons. The van der Waals surface area contributed by atoms with Crippen LogP contribution in [-0.4, -0.2) is 0 Å². The normalized spacial score (nSPS) is 13.1. The third kappa shape index (κ3) is 12.6. The topological polar surface area (TPSA) is 14.1 Å². The summed E-state index contributed by atoms with van der Waals surface area (Å²) in [5.74, 6) is 0. The van der Waals surface area contributed by atoms with Crippen LogP contribution in [0.5, 0.6) is 0 Å². The van der Waals surface area contributed by atoms with Gasteiger partial charge in [-0.15, -0.1) is 0 Å². The number of benzene rings is 4. The molecule has 0 unspecified atom stereocenters. The molecule has 0 fully saturated rings. The summed E-state index contributed by atoms with van der Waals surface area (Å²) in [5, 5.41) is 5.29. The highest BCUT2D eigenvalue weighted by atomic mass is 31.2. The van der Waals surface area contributed by atoms with Crippen molar-refractivity contribution < 1.29 is 0 Å². The second-order valence-corrected chi connectivity index (χ2v) is 22.4. The fourth-order valence-corrected chi connectivity index (χ4v) is 10.8. The van der Waals surface area contributed by atoms with Gasteiger partial charge in [0.05, 0.1) is 0 Å². The van der Waals surface area contributed by atoms with E-state index in [0.29, 0.717) is 0 Å². The Morgan fingerprint density at radius 1 is 0.319 bits per heavy atom. The Morgan fingerprint density at radius 3 is 0.638 bits per heavy atom. The molecule has 0 bridgehead atoms. The van der Waals surface area contributed by atoms with Crippen molar-refractivity contribution in [2.75, 3.05) is 0 Å². The lowest BCUT2D eigenvalue weighted by atomic mass is 9.88. The van der Waals surface area contributed by atoms with E-state index in [-0.39, 0.29) is 21.7 Å². The van der Waals surface area contributed by atoms with Gasteiger partial charge in [-0.1, -0.05) is 180 Å². The monoisotopic (exact) mass is 664 g/mol. The molecule has 1 nitrogen and oxygen atoms in total. The summed E-state index contributed by atoms with van der Waals surface area (Å²) >= 11 is 0. The van der Waals surface area contributed by atoms with Gasteiger partial charge in [-0.25, -0.2) is 0 Å². The fraction of sp³-hybridized carbons (Fsp3) is 0.455. The van der Waals surface area contributed by atoms with Gasteiger partial charge >= 0.3 is 0 Å². The van der Waals surface area contributed by atoms with Crippen molar-refractivity contribution in [3.8, 4) is 0 Å². The van der Waals surface area contributed by atoms with E-state index in [0.717, 1.165) is 25.7 Å². The Morgan fingerprint density at radius 2 is 0.489 bits per heavy atom. The lowest BCUT2D eigenvalue weighted by Gasteiger charge is -2.27. The number of nitrogens with zero attached hydrogens (tertiary/aromatic N) is 1. The summed E-state index contributed by atoms with van der Waals surface area (Å²) in [6.45, 7) is 27.8. The highest BCUT2D eigenvalue weighted by molar-refractivity contribution is 7.85. The summed E-state index contributed by atoms with van der Waals surface area (Å²) in [6.07, 6.45) is 4.27. The summed E-state index contributed by atoms with van der Waals surface area (Å²) in [4.78, 5) is 5.90. The minimum atomic E-state index is -0.934. The molecular formula is C44H60NP2. The molecule has 0 atom stereocenters. The van der Waals surface area contributed by atoms with Crippen LogP contribution in [0.25, 0.3) is 0 Å². The van der Waals surface area contributed by atoms with Gasteiger partial charge in [-0.05, 0) is 90.8 Å². The van der Waals surface area contributed by atoms with Crippen LogP contribution in [0.4, 0.5) is 0 Å². The molecule has 0 spiro atoms. The van der Waals surface area contributed by atoms with Crippen molar-refractivity contribution in [2.24, 2.45) is 21.7 Å². The van der Waals surface area contributed by atoms with Crippen LogP contribution in [0, 0.1) is 21.7 Å². The van der Waals surface area contributed by atoms with Crippen molar-refractivity contribution in [3.05, 3.63) is 119 Å². The van der Waals surface area contributed by atoms with Gasteiger partial charge < -0.3 is 0 Å². The summed E-state index contributed by atoms with van der Waals surface area (Å²) in [7, 11) is -1.87. The van der Waals surface area contributed by atoms with Gasteiger partial charge in [0.25, 0.3) is 0 Å². The smallest absolute Gasteiger partial charge is 0.0497 e. The fourth-order valence-electron chi connectivity index (χ4n) is 6.06. The first-order chi connectivity index (χ1) is 21.7. The average Bonchev–Trinajstić information content (AvgIpc) is 2.93. The second-order valence-electron chi connectivity index (χ2n) is 18.3. The van der Waals surface area contributed by atoms with Crippen molar-refractivity contribution in [3.63, 3.8) is 0 Å². The minimum absolute atomic E-state index is 0.256. The van der Waals surface area contributed by atoms with Gasteiger partial charge in [-0.3, -0.25) is 0 Å². The minimum Gasteiger partial charge on any atom is -0.173 e. The number of rotatable bonds is 10. The van der Waals surface area contributed by atoms with Crippen LogP contribution in [0.15, 0.2) is 97.1 Å². The van der Waals surface area contributed by atoms with E-state index in [4.69, 9.17) is 4.86 Å². The molecule has 0 heterocycles. The van der Waals surface area contributed by atoms with Crippen LogP contribution in [-0.2, 0) is 25.7 Å². The summed E-state index contributed by atoms with van der Waals surface area (Å²) < 4.78 is 0. The maximum Gasteiger partial charge on any atom is 0.0497 e. The molecule has 3 heteroatoms. The summed E-state index contributed by atoms with van der Waals surface area (Å²) in [6, 6.07) is 37.5. The Bertz CT molecular complexity index is 1300. The van der Waals surface area contributed by atoms with Gasteiger partial charge in [0.15, 0.2) is 0 Å². The highest BCUT2D eigenvalue weighted by Crippen LogP contribution is 2.45. The zero-order valence-electron chi connectivity index (χ0n) is 31.4. The average molecular weight is 665 g/mol. The molecule has 4 aromatic carbocycles. The molecule has 47 heavy (non-hydrogen) atoms. The van der Waals surface area contributed by atoms with E-state index in [1.165, 1.54) is 43.5 Å². The highest BCUT2D eigenvalue weighted by Gasteiger charge is 2.25. The predicted molar refractivity (Wildman–Crippen MR) is 213 cm³/mol. The largest absolute Gasteiger partial charge is 0.173 e. The molecule has 4 rings (SSSR count). The van der Waals surface area contributed by atoms with Gasteiger partial charge in [-0.2, -0.15) is 4.86 Å². The molecule has 0 aromatic heterocycles. The predicted octanol–water partition coefficient (Wildman–Crippen LogP) is 11.0. The van der Waals surface area contributed by atoms with Gasteiger partial charge in [0.1, 0.15) is 0 Å². The van der Waals surface area contributed by atoms with Crippen molar-refractivity contribution in [1.29, 1.82) is 0 Å². The maximum absolute atomic E-state index is 5.90. The molecular weight excluding hydrogens is 604 g/mol. The van der Waals surface area contributed by atoms with E-state index in [1.807, 2.05) is 0 Å². The molecule has 1 radical (unpaired) electrons. The lowest BCUT2D eigenvalue weighted by Crippen LogP contribution is -2.24. The van der Waals surface area contributed by atoms with E-state index < -0.39 is 16.1 Å². The van der Waals surface area contributed by atoms with Crippen LogP contribution < -0.4 is 26.1 Å². The molecule has 4 aromatic rings. The first-order valence-electron chi connectivity index (χ1n) is 17.4. The molecule has 0 saturated carbocycles. The molecule has 0 saturated heterocycles. The maximum atomic E-state index is 5.90. The summed E-state index contributed by atoms with van der Waals surface area (Å²) in [5.41, 5.74) is 6.59. The Hall–Kier alpha value is -2.30. The Balaban J connectivity index is 1.77. The van der Waals surface area contributed by atoms with E-state index in [9.17, 15) is 0 Å².